The Kier molecular flexibility index (Phi) is 7.05. The lowest BCUT2D eigenvalue weighted by atomic mass is 10.1. The van der Waals surface area contributed by atoms with E-state index < -0.39 is 0 Å². The Morgan fingerprint density at radius 3 is 2.71 bits per heavy atom. The van der Waals surface area contributed by atoms with Crippen LogP contribution in [0.2, 0.25) is 5.02 Å². The highest BCUT2D eigenvalue weighted by molar-refractivity contribution is 6.30. The standard InChI is InChI=1S/C25H28ClN3O2/c1-31-17-22(19-10-4-2-5-11-19)27-25(30)24-21-13-6-3-7-14-23(21)29(28-24)16-18-9-8-12-20(26)15-18/h2,4-5,8-12,15,22H,3,6-7,13-14,16-17H2,1H3,(H,27,30)/t22-/m1/s1. The molecule has 1 aliphatic carbocycles. The van der Waals surface area contributed by atoms with E-state index in [2.05, 4.69) is 5.32 Å². The second-order valence-corrected chi connectivity index (χ2v) is 8.45. The van der Waals surface area contributed by atoms with Crippen LogP contribution in [0.25, 0.3) is 0 Å². The lowest BCUT2D eigenvalue weighted by Crippen LogP contribution is -2.32. The smallest absolute Gasteiger partial charge is 0.272 e. The van der Waals surface area contributed by atoms with Gasteiger partial charge in [0, 0.05) is 23.4 Å². The van der Waals surface area contributed by atoms with Crippen molar-refractivity contribution in [3.05, 3.63) is 87.7 Å². The number of nitrogens with one attached hydrogen (secondary N) is 1. The van der Waals surface area contributed by atoms with Crippen LogP contribution in [0, 0.1) is 0 Å². The summed E-state index contributed by atoms with van der Waals surface area (Å²) < 4.78 is 7.37. The minimum atomic E-state index is -0.224. The Labute approximate surface area is 188 Å². The predicted molar refractivity (Wildman–Crippen MR) is 123 cm³/mol. The second-order valence-electron chi connectivity index (χ2n) is 8.01. The van der Waals surface area contributed by atoms with Crippen molar-refractivity contribution in [1.82, 2.24) is 15.1 Å². The summed E-state index contributed by atoms with van der Waals surface area (Å²) in [7, 11) is 1.65. The molecule has 162 valence electrons. The van der Waals surface area contributed by atoms with E-state index in [4.69, 9.17) is 21.4 Å². The first-order valence-corrected chi connectivity index (χ1v) is 11.2. The number of hydrogen-bond donors (Lipinski definition) is 1. The third-order valence-corrected chi connectivity index (χ3v) is 6.02. The lowest BCUT2D eigenvalue weighted by molar-refractivity contribution is 0.0889. The fourth-order valence-corrected chi connectivity index (χ4v) is 4.48. The molecule has 0 saturated carbocycles. The van der Waals surface area contributed by atoms with Crippen molar-refractivity contribution in [2.75, 3.05) is 13.7 Å². The molecule has 3 aromatic rings. The van der Waals surface area contributed by atoms with Gasteiger partial charge in [0.15, 0.2) is 5.69 Å². The number of amides is 1. The summed E-state index contributed by atoms with van der Waals surface area (Å²) in [6.45, 7) is 1.01. The van der Waals surface area contributed by atoms with Crippen molar-refractivity contribution >= 4 is 17.5 Å². The summed E-state index contributed by atoms with van der Waals surface area (Å²) in [5.74, 6) is -0.145. The summed E-state index contributed by atoms with van der Waals surface area (Å²) in [5.41, 5.74) is 4.89. The molecule has 2 aromatic carbocycles. The van der Waals surface area contributed by atoms with Crippen LogP contribution < -0.4 is 5.32 Å². The van der Waals surface area contributed by atoms with Crippen LogP contribution in [0.4, 0.5) is 0 Å². The van der Waals surface area contributed by atoms with Gasteiger partial charge in [-0.3, -0.25) is 9.48 Å². The predicted octanol–water partition coefficient (Wildman–Crippen LogP) is 4.97. The van der Waals surface area contributed by atoms with Crippen molar-refractivity contribution in [1.29, 1.82) is 0 Å². The molecule has 0 fully saturated rings. The number of halogens is 1. The van der Waals surface area contributed by atoms with Gasteiger partial charge in [-0.1, -0.05) is 60.5 Å². The zero-order valence-corrected chi connectivity index (χ0v) is 18.6. The molecule has 1 atom stereocenters. The Hall–Kier alpha value is -2.63. The first-order chi connectivity index (χ1) is 15.2. The molecule has 1 aliphatic rings. The van der Waals surface area contributed by atoms with Gasteiger partial charge in [0.05, 0.1) is 19.2 Å². The normalized spacial score (nSPS) is 14.5. The minimum absolute atomic E-state index is 0.145. The van der Waals surface area contributed by atoms with Gasteiger partial charge >= 0.3 is 0 Å². The highest BCUT2D eigenvalue weighted by atomic mass is 35.5. The summed E-state index contributed by atoms with van der Waals surface area (Å²) in [6, 6.07) is 17.5. The number of ether oxygens (including phenoxy) is 1. The summed E-state index contributed by atoms with van der Waals surface area (Å²) >= 11 is 6.18. The van der Waals surface area contributed by atoms with Crippen LogP contribution in [0.3, 0.4) is 0 Å². The number of carbonyl (C=O) groups is 1. The van der Waals surface area contributed by atoms with Gasteiger partial charge < -0.3 is 10.1 Å². The van der Waals surface area contributed by atoms with E-state index in [0.29, 0.717) is 23.9 Å². The van der Waals surface area contributed by atoms with Crippen LogP contribution in [-0.2, 0) is 24.1 Å². The molecule has 0 unspecified atom stereocenters. The number of nitrogens with zero attached hydrogens (tertiary/aromatic N) is 2. The minimum Gasteiger partial charge on any atom is -0.382 e. The zero-order chi connectivity index (χ0) is 21.6. The maximum absolute atomic E-state index is 13.3. The van der Waals surface area contributed by atoms with Gasteiger partial charge in [0.25, 0.3) is 5.91 Å². The zero-order valence-electron chi connectivity index (χ0n) is 17.8. The molecular weight excluding hydrogens is 410 g/mol. The Bertz CT molecular complexity index is 1030. The topological polar surface area (TPSA) is 56.1 Å². The second kappa shape index (κ2) is 10.1. The quantitative estimate of drug-likeness (QED) is 0.531. The molecule has 0 saturated heterocycles. The van der Waals surface area contributed by atoms with Gasteiger partial charge in [0.2, 0.25) is 0 Å². The molecule has 0 aliphatic heterocycles. The van der Waals surface area contributed by atoms with Gasteiger partial charge in [-0.2, -0.15) is 5.10 Å². The number of fused-ring (bicyclic) bond motifs is 1. The SMILES string of the molecule is COC[C@@H](NC(=O)c1nn(Cc2cccc(Cl)c2)c2c1CCCCC2)c1ccccc1. The molecule has 1 amide bonds. The third-order valence-electron chi connectivity index (χ3n) is 5.78. The first kappa shape index (κ1) is 21.6. The van der Waals surface area contributed by atoms with Crippen molar-refractivity contribution < 1.29 is 9.53 Å². The van der Waals surface area contributed by atoms with Gasteiger partial charge in [-0.05, 0) is 48.9 Å². The summed E-state index contributed by atoms with van der Waals surface area (Å²) in [4.78, 5) is 13.3. The van der Waals surface area contributed by atoms with Crippen LogP contribution in [0.1, 0.15) is 58.2 Å². The Morgan fingerprint density at radius 1 is 1.13 bits per heavy atom. The fourth-order valence-electron chi connectivity index (χ4n) is 4.27. The molecule has 5 nitrogen and oxygen atoms in total. The van der Waals surface area contributed by atoms with E-state index in [1.54, 1.807) is 7.11 Å². The van der Waals surface area contributed by atoms with Gasteiger partial charge in [-0.25, -0.2) is 0 Å². The van der Waals surface area contributed by atoms with E-state index in [-0.39, 0.29) is 11.9 Å². The molecule has 1 heterocycles. The fraction of sp³-hybridized carbons (Fsp3) is 0.360. The van der Waals surface area contributed by atoms with Gasteiger partial charge in [0.1, 0.15) is 0 Å². The molecule has 4 rings (SSSR count). The van der Waals surface area contributed by atoms with Crippen molar-refractivity contribution in [2.45, 2.75) is 44.7 Å². The van der Waals surface area contributed by atoms with E-state index in [1.165, 1.54) is 12.1 Å². The van der Waals surface area contributed by atoms with Crippen LogP contribution in [0.15, 0.2) is 54.6 Å². The van der Waals surface area contributed by atoms with E-state index >= 15 is 0 Å². The van der Waals surface area contributed by atoms with E-state index in [9.17, 15) is 4.79 Å². The molecule has 6 heteroatoms. The molecular formula is C25H28ClN3O2. The number of hydrogen-bond acceptors (Lipinski definition) is 3. The van der Waals surface area contributed by atoms with Crippen molar-refractivity contribution in [3.8, 4) is 0 Å². The summed E-state index contributed by atoms with van der Waals surface area (Å²) in [6.07, 6.45) is 5.19. The highest BCUT2D eigenvalue weighted by Gasteiger charge is 2.26. The van der Waals surface area contributed by atoms with Crippen molar-refractivity contribution in [2.24, 2.45) is 0 Å². The average Bonchev–Trinajstić information content (AvgIpc) is 2.95. The Morgan fingerprint density at radius 2 is 1.94 bits per heavy atom. The maximum atomic E-state index is 13.3. The molecule has 0 spiro atoms. The maximum Gasteiger partial charge on any atom is 0.272 e. The average molecular weight is 438 g/mol. The van der Waals surface area contributed by atoms with Crippen LogP contribution in [-0.4, -0.2) is 29.4 Å². The molecule has 1 N–H and O–H groups in total. The van der Waals surface area contributed by atoms with Gasteiger partial charge in [-0.15, -0.1) is 0 Å². The van der Waals surface area contributed by atoms with Crippen LogP contribution in [0.5, 0.6) is 0 Å². The lowest BCUT2D eigenvalue weighted by Gasteiger charge is -2.18. The largest absolute Gasteiger partial charge is 0.382 e. The molecule has 0 radical (unpaired) electrons. The third kappa shape index (κ3) is 5.17. The number of aromatic nitrogens is 2. The molecule has 0 bridgehead atoms. The summed E-state index contributed by atoms with van der Waals surface area (Å²) in [5, 5.41) is 8.64. The number of methoxy groups -OCH3 is 1. The van der Waals surface area contributed by atoms with Crippen LogP contribution >= 0.6 is 11.6 Å². The van der Waals surface area contributed by atoms with E-state index in [0.717, 1.165) is 42.4 Å². The molecule has 1 aromatic heterocycles. The molecule has 31 heavy (non-hydrogen) atoms. The van der Waals surface area contributed by atoms with E-state index in [1.807, 2.05) is 59.3 Å². The monoisotopic (exact) mass is 437 g/mol. The first-order valence-electron chi connectivity index (χ1n) is 10.8. The van der Waals surface area contributed by atoms with Crippen molar-refractivity contribution in [3.63, 3.8) is 0 Å². The number of rotatable bonds is 7. The number of benzene rings is 2. The highest BCUT2D eigenvalue weighted by Crippen LogP contribution is 2.26. The Balaban J connectivity index is 1.63. The number of carbonyl (C=O) groups excluding carboxylic acids is 1.